The van der Waals surface area contributed by atoms with Crippen LogP contribution in [0.4, 0.5) is 0 Å². The third-order valence-electron chi connectivity index (χ3n) is 2.73. The summed E-state index contributed by atoms with van der Waals surface area (Å²) in [7, 11) is 0. The van der Waals surface area contributed by atoms with Gasteiger partial charge in [0.1, 0.15) is 11.9 Å². The van der Waals surface area contributed by atoms with E-state index in [1.807, 2.05) is 24.3 Å². The first kappa shape index (κ1) is 12.1. The van der Waals surface area contributed by atoms with Crippen LogP contribution in [-0.2, 0) is 9.63 Å². The zero-order chi connectivity index (χ0) is 12.3. The molecule has 17 heavy (non-hydrogen) atoms. The molecule has 0 N–H and O–H groups in total. The molecular weight excluding hydrogens is 238 g/mol. The number of hydrogen-bond donors (Lipinski definition) is 0. The molecule has 1 aliphatic rings. The van der Waals surface area contributed by atoms with Crippen LogP contribution in [-0.4, -0.2) is 17.6 Å². The van der Waals surface area contributed by atoms with E-state index in [1.54, 1.807) is 6.92 Å². The lowest BCUT2D eigenvalue weighted by Crippen LogP contribution is -2.10. The maximum atomic E-state index is 10.9. The highest BCUT2D eigenvalue weighted by Crippen LogP contribution is 2.21. The highest BCUT2D eigenvalue weighted by molar-refractivity contribution is 6.30. The van der Waals surface area contributed by atoms with Gasteiger partial charge in [-0.25, -0.2) is 0 Å². The van der Waals surface area contributed by atoms with Crippen molar-refractivity contribution in [2.45, 2.75) is 32.3 Å². The Bertz CT molecular complexity index is 439. The van der Waals surface area contributed by atoms with Gasteiger partial charge in [-0.2, -0.15) is 0 Å². The number of benzene rings is 1. The topological polar surface area (TPSA) is 38.7 Å². The van der Waals surface area contributed by atoms with Gasteiger partial charge in [0.2, 0.25) is 0 Å². The van der Waals surface area contributed by atoms with Crippen LogP contribution >= 0.6 is 11.6 Å². The first-order valence-corrected chi connectivity index (χ1v) is 6.01. The summed E-state index contributed by atoms with van der Waals surface area (Å²) in [6.07, 6.45) is 2.07. The second kappa shape index (κ2) is 5.32. The number of nitrogens with zero attached hydrogens (tertiary/aromatic N) is 1. The molecule has 1 aliphatic heterocycles. The first-order valence-electron chi connectivity index (χ1n) is 5.63. The third-order valence-corrected chi connectivity index (χ3v) is 2.98. The van der Waals surface area contributed by atoms with Crippen LogP contribution < -0.4 is 0 Å². The Morgan fingerprint density at radius 2 is 2.18 bits per heavy atom. The van der Waals surface area contributed by atoms with Crippen molar-refractivity contribution in [1.82, 2.24) is 0 Å². The second-order valence-corrected chi connectivity index (χ2v) is 4.65. The number of Topliss-reactive ketones (excluding diaryl/α,β-unsaturated/α-hetero) is 1. The molecule has 0 amide bonds. The maximum Gasteiger partial charge on any atom is 0.133 e. The molecule has 1 aromatic rings. The van der Waals surface area contributed by atoms with Gasteiger partial charge in [-0.15, -0.1) is 0 Å². The molecule has 0 saturated heterocycles. The molecule has 1 heterocycles. The smallest absolute Gasteiger partial charge is 0.133 e. The molecule has 1 atom stereocenters. The SMILES string of the molecule is CC(=O)CCC1CC(c2ccc(Cl)cc2)=NO1. The summed E-state index contributed by atoms with van der Waals surface area (Å²) in [5, 5.41) is 4.77. The number of halogens is 1. The minimum atomic E-state index is 0.0320. The monoisotopic (exact) mass is 251 g/mol. The molecule has 0 radical (unpaired) electrons. The zero-order valence-corrected chi connectivity index (χ0v) is 10.4. The van der Waals surface area contributed by atoms with Crippen LogP contribution in [0.5, 0.6) is 0 Å². The summed E-state index contributed by atoms with van der Waals surface area (Å²) >= 11 is 5.82. The predicted octanol–water partition coefficient (Wildman–Crippen LogP) is 3.20. The van der Waals surface area contributed by atoms with Crippen molar-refractivity contribution in [2.24, 2.45) is 5.16 Å². The lowest BCUT2D eigenvalue weighted by Gasteiger charge is -2.05. The van der Waals surface area contributed by atoms with E-state index in [1.165, 1.54) is 0 Å². The van der Waals surface area contributed by atoms with Gasteiger partial charge in [-0.3, -0.25) is 0 Å². The fourth-order valence-electron chi connectivity index (χ4n) is 1.76. The van der Waals surface area contributed by atoms with E-state index in [0.29, 0.717) is 11.4 Å². The summed E-state index contributed by atoms with van der Waals surface area (Å²) in [5.41, 5.74) is 1.95. The van der Waals surface area contributed by atoms with Crippen molar-refractivity contribution >= 4 is 23.1 Å². The summed E-state index contributed by atoms with van der Waals surface area (Å²) in [5.74, 6) is 0.188. The van der Waals surface area contributed by atoms with E-state index in [2.05, 4.69) is 5.16 Å². The lowest BCUT2D eigenvalue weighted by atomic mass is 10.0. The Kier molecular flexibility index (Phi) is 3.79. The molecule has 90 valence electrons. The number of hydrogen-bond acceptors (Lipinski definition) is 3. The minimum absolute atomic E-state index is 0.0320. The fraction of sp³-hybridized carbons (Fsp3) is 0.385. The molecule has 0 saturated carbocycles. The standard InChI is InChI=1S/C13H14ClNO2/c1-9(16)2-7-12-8-13(15-17-12)10-3-5-11(14)6-4-10/h3-6,12H,2,7-8H2,1H3. The largest absolute Gasteiger partial charge is 0.392 e. The third kappa shape index (κ3) is 3.30. The molecule has 0 aromatic heterocycles. The second-order valence-electron chi connectivity index (χ2n) is 4.22. The van der Waals surface area contributed by atoms with Gasteiger partial charge < -0.3 is 9.63 Å². The predicted molar refractivity (Wildman–Crippen MR) is 67.4 cm³/mol. The van der Waals surface area contributed by atoms with Crippen molar-refractivity contribution in [3.8, 4) is 0 Å². The van der Waals surface area contributed by atoms with Crippen LogP contribution in [0.15, 0.2) is 29.4 Å². The fourth-order valence-corrected chi connectivity index (χ4v) is 1.89. The van der Waals surface area contributed by atoms with Crippen LogP contribution in [0, 0.1) is 0 Å². The van der Waals surface area contributed by atoms with Crippen LogP contribution in [0.1, 0.15) is 31.7 Å². The van der Waals surface area contributed by atoms with Crippen molar-refractivity contribution in [1.29, 1.82) is 0 Å². The van der Waals surface area contributed by atoms with E-state index < -0.39 is 0 Å². The Labute approximate surface area is 105 Å². The zero-order valence-electron chi connectivity index (χ0n) is 9.65. The average molecular weight is 252 g/mol. The Hall–Kier alpha value is -1.35. The number of rotatable bonds is 4. The molecule has 0 spiro atoms. The highest BCUT2D eigenvalue weighted by Gasteiger charge is 2.22. The van der Waals surface area contributed by atoms with E-state index in [4.69, 9.17) is 16.4 Å². The first-order chi connectivity index (χ1) is 8.15. The van der Waals surface area contributed by atoms with Crippen LogP contribution in [0.3, 0.4) is 0 Å². The van der Waals surface area contributed by atoms with Crippen LogP contribution in [0.25, 0.3) is 0 Å². The quantitative estimate of drug-likeness (QED) is 0.824. The number of carbonyl (C=O) groups excluding carboxylic acids is 1. The van der Waals surface area contributed by atoms with Crippen molar-refractivity contribution < 1.29 is 9.63 Å². The van der Waals surface area contributed by atoms with Gasteiger partial charge in [0, 0.05) is 17.9 Å². The number of carbonyl (C=O) groups is 1. The van der Waals surface area contributed by atoms with Gasteiger partial charge in [0.15, 0.2) is 0 Å². The lowest BCUT2D eigenvalue weighted by molar-refractivity contribution is -0.117. The number of ketones is 1. The summed E-state index contributed by atoms with van der Waals surface area (Å²) in [4.78, 5) is 16.2. The van der Waals surface area contributed by atoms with Gasteiger partial charge in [0.05, 0.1) is 5.71 Å². The highest BCUT2D eigenvalue weighted by atomic mass is 35.5. The molecule has 0 bridgehead atoms. The van der Waals surface area contributed by atoms with Crippen molar-refractivity contribution in [3.63, 3.8) is 0 Å². The molecule has 3 nitrogen and oxygen atoms in total. The van der Waals surface area contributed by atoms with Crippen molar-refractivity contribution in [3.05, 3.63) is 34.9 Å². The van der Waals surface area contributed by atoms with Crippen molar-refractivity contribution in [2.75, 3.05) is 0 Å². The Balaban J connectivity index is 1.93. The molecule has 0 aliphatic carbocycles. The summed E-state index contributed by atoms with van der Waals surface area (Å²) in [6, 6.07) is 7.53. The molecule has 1 unspecified atom stereocenters. The minimum Gasteiger partial charge on any atom is -0.392 e. The number of oxime groups is 1. The molecular formula is C13H14ClNO2. The van der Waals surface area contributed by atoms with E-state index in [9.17, 15) is 4.79 Å². The van der Waals surface area contributed by atoms with E-state index in [-0.39, 0.29) is 11.9 Å². The Morgan fingerprint density at radius 3 is 2.82 bits per heavy atom. The molecule has 0 fully saturated rings. The molecule has 4 heteroatoms. The molecule has 1 aromatic carbocycles. The van der Waals surface area contributed by atoms with Gasteiger partial charge >= 0.3 is 0 Å². The molecule has 2 rings (SSSR count). The van der Waals surface area contributed by atoms with Gasteiger partial charge in [-0.1, -0.05) is 28.9 Å². The van der Waals surface area contributed by atoms with E-state index in [0.717, 1.165) is 24.1 Å². The van der Waals surface area contributed by atoms with Gasteiger partial charge in [0.25, 0.3) is 0 Å². The summed E-state index contributed by atoms with van der Waals surface area (Å²) in [6.45, 7) is 1.59. The summed E-state index contributed by atoms with van der Waals surface area (Å²) < 4.78 is 0. The van der Waals surface area contributed by atoms with E-state index >= 15 is 0 Å². The maximum absolute atomic E-state index is 10.9. The Morgan fingerprint density at radius 1 is 1.47 bits per heavy atom. The van der Waals surface area contributed by atoms with Crippen LogP contribution in [0.2, 0.25) is 5.02 Å². The average Bonchev–Trinajstić information content (AvgIpc) is 2.76. The van der Waals surface area contributed by atoms with Gasteiger partial charge in [-0.05, 0) is 31.0 Å². The normalized spacial score (nSPS) is 18.7.